The third-order valence-electron chi connectivity index (χ3n) is 8.60. The molecule has 252 valence electrons. The molecule has 2 aromatic heterocycles. The number of aromatic nitrogens is 1. The number of amides is 2. The number of alkyl halides is 6. The van der Waals surface area contributed by atoms with Gasteiger partial charge >= 0.3 is 18.3 Å². The minimum absolute atomic E-state index is 0.0450. The maximum atomic E-state index is 15.0. The SMILES string of the molecule is CCC[C@H]1N(C(=O)c2cnccc2C(F)(F)F)CCC[C@]1(Oc1csc(C(F)(F)F)c1)C(=O)N1CCc2ccccc2C1CC(=O)O. The average Bonchev–Trinajstić information content (AvgIpc) is 3.50. The van der Waals surface area contributed by atoms with E-state index in [1.807, 2.05) is 6.07 Å². The first-order valence-corrected chi connectivity index (χ1v) is 15.8. The molecule has 15 heteroatoms. The normalized spacial score (nSPS) is 21.7. The van der Waals surface area contributed by atoms with Gasteiger partial charge in [-0.15, -0.1) is 11.3 Å². The van der Waals surface area contributed by atoms with Gasteiger partial charge in [0.05, 0.1) is 29.6 Å². The van der Waals surface area contributed by atoms with E-state index in [0.29, 0.717) is 35.8 Å². The van der Waals surface area contributed by atoms with Crippen LogP contribution in [0.4, 0.5) is 26.3 Å². The highest BCUT2D eigenvalue weighted by Gasteiger charge is 2.57. The molecule has 1 saturated heterocycles. The van der Waals surface area contributed by atoms with E-state index in [-0.39, 0.29) is 38.1 Å². The number of hydrogen-bond donors (Lipinski definition) is 1. The summed E-state index contributed by atoms with van der Waals surface area (Å²) in [5, 5.41) is 10.9. The highest BCUT2D eigenvalue weighted by atomic mass is 32.1. The molecule has 0 spiro atoms. The molecule has 8 nitrogen and oxygen atoms in total. The van der Waals surface area contributed by atoms with E-state index in [1.165, 1.54) is 4.90 Å². The molecule has 1 fully saturated rings. The van der Waals surface area contributed by atoms with Gasteiger partial charge in [0.25, 0.3) is 11.8 Å². The zero-order chi connectivity index (χ0) is 34.1. The van der Waals surface area contributed by atoms with Crippen LogP contribution in [-0.4, -0.2) is 62.4 Å². The smallest absolute Gasteiger partial charge is 0.425 e. The maximum absolute atomic E-state index is 15.0. The second kappa shape index (κ2) is 13.2. The molecule has 4 heterocycles. The Labute approximate surface area is 270 Å². The zero-order valence-corrected chi connectivity index (χ0v) is 25.9. The van der Waals surface area contributed by atoms with Crippen LogP contribution in [0.15, 0.2) is 54.2 Å². The fourth-order valence-corrected chi connectivity index (χ4v) is 7.30. The largest absolute Gasteiger partial charge is 0.481 e. The fourth-order valence-electron chi connectivity index (χ4n) is 6.63. The molecule has 5 rings (SSSR count). The Balaban J connectivity index is 1.65. The molecule has 0 aliphatic carbocycles. The monoisotopic (exact) mass is 683 g/mol. The van der Waals surface area contributed by atoms with Gasteiger partial charge in [-0.3, -0.25) is 19.4 Å². The third kappa shape index (κ3) is 6.81. The first-order chi connectivity index (χ1) is 22.2. The van der Waals surface area contributed by atoms with E-state index in [4.69, 9.17) is 4.74 Å². The van der Waals surface area contributed by atoms with Crippen LogP contribution in [0.5, 0.6) is 5.75 Å². The molecule has 0 saturated carbocycles. The van der Waals surface area contributed by atoms with Crippen molar-refractivity contribution in [3.05, 3.63) is 81.3 Å². The van der Waals surface area contributed by atoms with E-state index in [9.17, 15) is 45.8 Å². The van der Waals surface area contributed by atoms with Crippen molar-refractivity contribution in [3.8, 4) is 5.75 Å². The molecule has 1 aromatic carbocycles. The van der Waals surface area contributed by atoms with Crippen LogP contribution >= 0.6 is 11.3 Å². The van der Waals surface area contributed by atoms with Crippen molar-refractivity contribution in [2.75, 3.05) is 13.1 Å². The lowest BCUT2D eigenvalue weighted by molar-refractivity contribution is -0.163. The molecule has 47 heavy (non-hydrogen) atoms. The van der Waals surface area contributed by atoms with E-state index in [0.717, 1.165) is 34.3 Å². The number of ether oxygens (including phenoxy) is 1. The van der Waals surface area contributed by atoms with Crippen molar-refractivity contribution in [1.29, 1.82) is 0 Å². The van der Waals surface area contributed by atoms with Crippen LogP contribution in [0.3, 0.4) is 0 Å². The fraction of sp³-hybridized carbons (Fsp3) is 0.438. The predicted octanol–water partition coefficient (Wildman–Crippen LogP) is 7.00. The Morgan fingerprint density at radius 3 is 2.47 bits per heavy atom. The number of likely N-dealkylation sites (tertiary alicyclic amines) is 1. The van der Waals surface area contributed by atoms with E-state index in [1.54, 1.807) is 25.1 Å². The number of benzene rings is 1. The first-order valence-electron chi connectivity index (χ1n) is 14.9. The highest BCUT2D eigenvalue weighted by molar-refractivity contribution is 7.10. The molecule has 2 amide bonds. The van der Waals surface area contributed by atoms with Crippen molar-refractivity contribution in [2.24, 2.45) is 0 Å². The Morgan fingerprint density at radius 1 is 1.06 bits per heavy atom. The number of carboxylic acid groups (broad SMARTS) is 1. The van der Waals surface area contributed by atoms with Crippen molar-refractivity contribution < 1.29 is 50.6 Å². The lowest BCUT2D eigenvalue weighted by atomic mass is 9.78. The topological polar surface area (TPSA) is 100 Å². The zero-order valence-electron chi connectivity index (χ0n) is 25.1. The number of halogens is 6. The maximum Gasteiger partial charge on any atom is 0.425 e. The number of carbonyl (C=O) groups excluding carboxylic acids is 2. The molecule has 0 radical (unpaired) electrons. The van der Waals surface area contributed by atoms with Crippen LogP contribution in [0.1, 0.15) is 77.0 Å². The average molecular weight is 684 g/mol. The van der Waals surface area contributed by atoms with Gasteiger partial charge in [0, 0.05) is 43.4 Å². The summed E-state index contributed by atoms with van der Waals surface area (Å²) in [6, 6.07) is 6.22. The van der Waals surface area contributed by atoms with Gasteiger partial charge in [-0.1, -0.05) is 37.6 Å². The molecule has 3 atom stereocenters. The lowest BCUT2D eigenvalue weighted by Crippen LogP contribution is -2.68. The van der Waals surface area contributed by atoms with Crippen molar-refractivity contribution in [2.45, 2.75) is 75.5 Å². The summed E-state index contributed by atoms with van der Waals surface area (Å²) in [6.45, 7) is 1.71. The number of pyridine rings is 1. The van der Waals surface area contributed by atoms with Gasteiger partial charge in [0.2, 0.25) is 5.60 Å². The summed E-state index contributed by atoms with van der Waals surface area (Å²) in [6.07, 6.45) is -7.71. The van der Waals surface area contributed by atoms with E-state index >= 15 is 0 Å². The molecule has 1 unspecified atom stereocenters. The molecular formula is C32H31F6N3O5S. The third-order valence-corrected chi connectivity index (χ3v) is 9.55. The first kappa shape index (κ1) is 34.2. The van der Waals surface area contributed by atoms with Crippen LogP contribution in [0.2, 0.25) is 0 Å². The Bertz CT molecular complexity index is 1640. The van der Waals surface area contributed by atoms with Gasteiger partial charge in [0.15, 0.2) is 0 Å². The molecular weight excluding hydrogens is 652 g/mol. The number of nitrogens with zero attached hydrogens (tertiary/aromatic N) is 3. The lowest BCUT2D eigenvalue weighted by Gasteiger charge is -2.51. The van der Waals surface area contributed by atoms with Crippen LogP contribution < -0.4 is 4.74 Å². The predicted molar refractivity (Wildman–Crippen MR) is 158 cm³/mol. The van der Waals surface area contributed by atoms with E-state index < -0.39 is 70.2 Å². The van der Waals surface area contributed by atoms with Gasteiger partial charge in [-0.05, 0) is 36.5 Å². The van der Waals surface area contributed by atoms with Crippen molar-refractivity contribution in [3.63, 3.8) is 0 Å². The Hall–Kier alpha value is -4.14. The number of carboxylic acids is 1. The number of fused-ring (bicyclic) bond motifs is 1. The summed E-state index contributed by atoms with van der Waals surface area (Å²) in [5.74, 6) is -3.31. The van der Waals surface area contributed by atoms with Gasteiger partial charge in [-0.25, -0.2) is 0 Å². The molecule has 2 aliphatic heterocycles. The Morgan fingerprint density at radius 2 is 1.81 bits per heavy atom. The van der Waals surface area contributed by atoms with Gasteiger partial charge in [0.1, 0.15) is 10.6 Å². The number of carbonyl (C=O) groups is 3. The summed E-state index contributed by atoms with van der Waals surface area (Å²) in [5.41, 5.74) is -2.61. The molecule has 1 N–H and O–H groups in total. The molecule has 3 aromatic rings. The summed E-state index contributed by atoms with van der Waals surface area (Å²) in [7, 11) is 0. The standard InChI is InChI=1S/C32H31F6N3O5S/c1-2-6-25-30(46-20-15-26(47-18-20)32(36,37)38,11-5-13-41(25)28(44)22-17-39-12-9-23(22)31(33,34)35)29(45)40-14-10-19-7-3-4-8-21(19)24(40)16-27(42)43/h3-4,7-9,12,15,17-18,24-25H,2,5-6,10-11,13-14,16H2,1H3,(H,42,43)/t24?,25-,30-/m1/s1. The van der Waals surface area contributed by atoms with E-state index in [2.05, 4.69) is 4.98 Å². The second-order valence-corrected chi connectivity index (χ2v) is 12.4. The van der Waals surface area contributed by atoms with Crippen molar-refractivity contribution >= 4 is 29.1 Å². The number of aliphatic carboxylic acids is 1. The van der Waals surface area contributed by atoms with Crippen LogP contribution in [0, 0.1) is 0 Å². The van der Waals surface area contributed by atoms with Gasteiger partial charge in [-0.2, -0.15) is 26.3 Å². The number of rotatable bonds is 8. The Kier molecular flexibility index (Phi) is 9.58. The minimum atomic E-state index is -4.90. The highest BCUT2D eigenvalue weighted by Crippen LogP contribution is 2.44. The van der Waals surface area contributed by atoms with Crippen LogP contribution in [0.25, 0.3) is 0 Å². The number of thiophene rings is 1. The quantitative estimate of drug-likeness (QED) is 0.257. The van der Waals surface area contributed by atoms with Crippen molar-refractivity contribution in [1.82, 2.24) is 14.8 Å². The molecule has 0 bridgehead atoms. The molecule has 2 aliphatic rings. The van der Waals surface area contributed by atoms with Crippen LogP contribution in [-0.2, 0) is 28.4 Å². The number of hydrogen-bond acceptors (Lipinski definition) is 6. The summed E-state index contributed by atoms with van der Waals surface area (Å²) < 4.78 is 89.0. The summed E-state index contributed by atoms with van der Waals surface area (Å²) in [4.78, 5) is 46.2. The summed E-state index contributed by atoms with van der Waals surface area (Å²) >= 11 is 0.348. The second-order valence-electron chi connectivity index (χ2n) is 11.5. The number of piperidine rings is 1. The van der Waals surface area contributed by atoms with Gasteiger partial charge < -0.3 is 19.6 Å². The minimum Gasteiger partial charge on any atom is -0.481 e.